The van der Waals surface area contributed by atoms with Gasteiger partial charge < -0.3 is 14.2 Å². The van der Waals surface area contributed by atoms with Gasteiger partial charge in [0, 0.05) is 6.42 Å². The molecule has 2 rings (SSSR count). The average Bonchev–Trinajstić information content (AvgIpc) is 2.76. The maximum atomic E-state index is 12.3. The molecular formula is C24H25NO5. The SMILES string of the molecule is COC(=O)/C(C#N)=C/c1ccc(OC(=O)CCc2ccc(C(C)C)cc2)c(OC)c1. The molecule has 0 amide bonds. The van der Waals surface area contributed by atoms with Gasteiger partial charge in [-0.2, -0.15) is 5.26 Å². The van der Waals surface area contributed by atoms with Crippen LogP contribution in [-0.2, 0) is 20.7 Å². The van der Waals surface area contributed by atoms with Crippen LogP contribution >= 0.6 is 0 Å². The molecule has 0 atom stereocenters. The van der Waals surface area contributed by atoms with E-state index in [4.69, 9.17) is 14.7 Å². The zero-order valence-electron chi connectivity index (χ0n) is 17.6. The minimum Gasteiger partial charge on any atom is -0.493 e. The lowest BCUT2D eigenvalue weighted by Gasteiger charge is -2.10. The quantitative estimate of drug-likeness (QED) is 0.278. The van der Waals surface area contributed by atoms with Gasteiger partial charge in [0.15, 0.2) is 11.5 Å². The normalized spacial score (nSPS) is 11.0. The topological polar surface area (TPSA) is 85.6 Å². The molecule has 0 aliphatic carbocycles. The van der Waals surface area contributed by atoms with Crippen molar-refractivity contribution in [3.8, 4) is 17.6 Å². The van der Waals surface area contributed by atoms with Crippen LogP contribution in [0.4, 0.5) is 0 Å². The number of hydrogen-bond acceptors (Lipinski definition) is 6. The molecule has 0 N–H and O–H groups in total. The fourth-order valence-corrected chi connectivity index (χ4v) is 2.76. The number of aryl methyl sites for hydroxylation is 1. The van der Waals surface area contributed by atoms with Gasteiger partial charge in [-0.25, -0.2) is 4.79 Å². The summed E-state index contributed by atoms with van der Waals surface area (Å²) < 4.78 is 15.3. The first kappa shape index (κ1) is 22.7. The second-order valence-corrected chi connectivity index (χ2v) is 6.94. The van der Waals surface area contributed by atoms with E-state index in [1.54, 1.807) is 24.3 Å². The Morgan fingerprint density at radius 3 is 2.33 bits per heavy atom. The minimum atomic E-state index is -0.728. The highest BCUT2D eigenvalue weighted by Crippen LogP contribution is 2.29. The maximum Gasteiger partial charge on any atom is 0.348 e. The van der Waals surface area contributed by atoms with Gasteiger partial charge in [-0.05, 0) is 47.2 Å². The molecule has 30 heavy (non-hydrogen) atoms. The molecule has 0 saturated carbocycles. The van der Waals surface area contributed by atoms with E-state index in [-0.39, 0.29) is 23.7 Å². The lowest BCUT2D eigenvalue weighted by atomic mass is 10.0. The highest BCUT2D eigenvalue weighted by Gasteiger charge is 2.13. The molecule has 0 spiro atoms. The molecule has 6 heteroatoms. The van der Waals surface area contributed by atoms with Crippen LogP contribution in [0, 0.1) is 11.3 Å². The van der Waals surface area contributed by atoms with Crippen LogP contribution in [0.5, 0.6) is 11.5 Å². The summed E-state index contributed by atoms with van der Waals surface area (Å²) in [6.45, 7) is 4.27. The maximum absolute atomic E-state index is 12.3. The highest BCUT2D eigenvalue weighted by atomic mass is 16.6. The van der Waals surface area contributed by atoms with Crippen LogP contribution in [0.2, 0.25) is 0 Å². The van der Waals surface area contributed by atoms with Crippen molar-refractivity contribution in [2.24, 2.45) is 0 Å². The molecule has 0 fully saturated rings. The predicted molar refractivity (Wildman–Crippen MR) is 113 cm³/mol. The van der Waals surface area contributed by atoms with Crippen LogP contribution in [0.15, 0.2) is 48.0 Å². The number of carbonyl (C=O) groups excluding carboxylic acids is 2. The number of rotatable bonds is 8. The molecule has 2 aromatic carbocycles. The summed E-state index contributed by atoms with van der Waals surface area (Å²) in [7, 11) is 2.65. The Balaban J connectivity index is 2.05. The molecule has 0 saturated heterocycles. The fraction of sp³-hybridized carbons (Fsp3) is 0.292. The number of carbonyl (C=O) groups is 2. The Bertz CT molecular complexity index is 968. The molecule has 156 valence electrons. The smallest absolute Gasteiger partial charge is 0.348 e. The van der Waals surface area contributed by atoms with Gasteiger partial charge >= 0.3 is 11.9 Å². The Hall–Kier alpha value is -3.59. The van der Waals surface area contributed by atoms with Crippen molar-refractivity contribution in [2.45, 2.75) is 32.6 Å². The van der Waals surface area contributed by atoms with Crippen LogP contribution < -0.4 is 9.47 Å². The summed E-state index contributed by atoms with van der Waals surface area (Å²) in [4.78, 5) is 23.8. The molecule has 0 heterocycles. The summed E-state index contributed by atoms with van der Waals surface area (Å²) in [6, 6.07) is 14.7. The third-order valence-corrected chi connectivity index (χ3v) is 4.51. The van der Waals surface area contributed by atoms with Gasteiger partial charge in [0.25, 0.3) is 0 Å². The van der Waals surface area contributed by atoms with Crippen molar-refractivity contribution in [3.63, 3.8) is 0 Å². The highest BCUT2D eigenvalue weighted by molar-refractivity contribution is 5.97. The fourth-order valence-electron chi connectivity index (χ4n) is 2.76. The number of methoxy groups -OCH3 is 2. The Morgan fingerprint density at radius 2 is 1.77 bits per heavy atom. The van der Waals surface area contributed by atoms with E-state index in [0.717, 1.165) is 5.56 Å². The van der Waals surface area contributed by atoms with E-state index in [1.807, 2.05) is 12.1 Å². The molecule has 0 aromatic heterocycles. The molecule has 0 bridgehead atoms. The molecule has 0 aliphatic rings. The van der Waals surface area contributed by atoms with Gasteiger partial charge in [0.1, 0.15) is 11.6 Å². The van der Waals surface area contributed by atoms with Crippen molar-refractivity contribution < 1.29 is 23.8 Å². The predicted octanol–water partition coefficient (Wildman–Crippen LogP) is 4.44. The number of nitrogens with zero attached hydrogens (tertiary/aromatic N) is 1. The summed E-state index contributed by atoms with van der Waals surface area (Å²) in [5, 5.41) is 9.06. The minimum absolute atomic E-state index is 0.146. The second kappa shape index (κ2) is 10.8. The third kappa shape index (κ3) is 6.21. The molecular weight excluding hydrogens is 382 g/mol. The van der Waals surface area contributed by atoms with Gasteiger partial charge in [0.05, 0.1) is 14.2 Å². The number of hydrogen-bond donors (Lipinski definition) is 0. The molecule has 2 aromatic rings. The lowest BCUT2D eigenvalue weighted by Crippen LogP contribution is -2.10. The molecule has 0 radical (unpaired) electrons. The van der Waals surface area contributed by atoms with Gasteiger partial charge in [-0.3, -0.25) is 4.79 Å². The second-order valence-electron chi connectivity index (χ2n) is 6.94. The first-order valence-corrected chi connectivity index (χ1v) is 9.55. The zero-order chi connectivity index (χ0) is 22.1. The van der Waals surface area contributed by atoms with E-state index in [1.165, 1.54) is 25.9 Å². The number of ether oxygens (including phenoxy) is 3. The first-order chi connectivity index (χ1) is 14.4. The van der Waals surface area contributed by atoms with E-state index in [2.05, 4.69) is 30.7 Å². The Labute approximate surface area is 176 Å². The summed E-state index contributed by atoms with van der Waals surface area (Å²) in [5.41, 5.74) is 2.72. The van der Waals surface area contributed by atoms with Crippen molar-refractivity contribution >= 4 is 18.0 Å². The monoisotopic (exact) mass is 407 g/mol. The third-order valence-electron chi connectivity index (χ3n) is 4.51. The van der Waals surface area contributed by atoms with E-state index >= 15 is 0 Å². The van der Waals surface area contributed by atoms with Gasteiger partial charge in [-0.15, -0.1) is 0 Å². The molecule has 6 nitrogen and oxygen atoms in total. The van der Waals surface area contributed by atoms with E-state index < -0.39 is 5.97 Å². The average molecular weight is 407 g/mol. The summed E-state index contributed by atoms with van der Waals surface area (Å²) in [5.74, 6) is -0.0525. The molecule has 0 aliphatic heterocycles. The van der Waals surface area contributed by atoms with Gasteiger partial charge in [-0.1, -0.05) is 44.2 Å². The lowest BCUT2D eigenvalue weighted by molar-refractivity contribution is -0.136. The van der Waals surface area contributed by atoms with E-state index in [0.29, 0.717) is 23.7 Å². The van der Waals surface area contributed by atoms with Crippen molar-refractivity contribution in [3.05, 3.63) is 64.7 Å². The van der Waals surface area contributed by atoms with E-state index in [9.17, 15) is 9.59 Å². The number of esters is 2. The Kier molecular flexibility index (Phi) is 8.18. The number of nitriles is 1. The zero-order valence-corrected chi connectivity index (χ0v) is 17.6. The summed E-state index contributed by atoms with van der Waals surface area (Å²) >= 11 is 0. The van der Waals surface area contributed by atoms with Crippen LogP contribution in [-0.4, -0.2) is 26.2 Å². The summed E-state index contributed by atoms with van der Waals surface area (Å²) in [6.07, 6.45) is 2.18. The van der Waals surface area contributed by atoms with Crippen LogP contribution in [0.1, 0.15) is 42.9 Å². The standard InChI is InChI=1S/C24H25NO5/c1-16(2)19-9-5-17(6-10-19)8-12-23(26)30-21-11-7-18(14-22(21)28-3)13-20(15-25)24(27)29-4/h5-7,9-11,13-14,16H,8,12H2,1-4H3/b20-13+. The molecule has 0 unspecified atom stereocenters. The van der Waals surface area contributed by atoms with Gasteiger partial charge in [0.2, 0.25) is 0 Å². The Morgan fingerprint density at radius 1 is 1.07 bits per heavy atom. The van der Waals surface area contributed by atoms with Crippen molar-refractivity contribution in [2.75, 3.05) is 14.2 Å². The van der Waals surface area contributed by atoms with Crippen LogP contribution in [0.25, 0.3) is 6.08 Å². The van der Waals surface area contributed by atoms with Crippen molar-refractivity contribution in [1.82, 2.24) is 0 Å². The van der Waals surface area contributed by atoms with Crippen molar-refractivity contribution in [1.29, 1.82) is 5.26 Å². The largest absolute Gasteiger partial charge is 0.493 e. The first-order valence-electron chi connectivity index (χ1n) is 9.55. The van der Waals surface area contributed by atoms with Crippen LogP contribution in [0.3, 0.4) is 0 Å². The number of benzene rings is 2.